The zero-order valence-corrected chi connectivity index (χ0v) is 12.6. The third-order valence-corrected chi connectivity index (χ3v) is 4.21. The van der Waals surface area contributed by atoms with E-state index >= 15 is 0 Å². The summed E-state index contributed by atoms with van der Waals surface area (Å²) in [6, 6.07) is 15.9. The number of hydrogen-bond donors (Lipinski definition) is 0. The van der Waals surface area contributed by atoms with Gasteiger partial charge in [-0.15, -0.1) is 0 Å². The first-order valence-corrected chi connectivity index (χ1v) is 7.35. The molecule has 21 heavy (non-hydrogen) atoms. The van der Waals surface area contributed by atoms with Gasteiger partial charge in [-0.2, -0.15) is 0 Å². The van der Waals surface area contributed by atoms with Crippen molar-refractivity contribution >= 4 is 23.7 Å². The van der Waals surface area contributed by atoms with E-state index in [4.69, 9.17) is 11.6 Å². The SMILES string of the molecule is CN1CCN(C=O)C(c2ccccc2)c2cc(Cl)ccc21. The molecule has 1 heterocycles. The van der Waals surface area contributed by atoms with E-state index in [1.165, 1.54) is 0 Å². The summed E-state index contributed by atoms with van der Waals surface area (Å²) in [4.78, 5) is 15.6. The van der Waals surface area contributed by atoms with Gasteiger partial charge in [-0.1, -0.05) is 41.9 Å². The molecule has 0 radical (unpaired) electrons. The quantitative estimate of drug-likeness (QED) is 0.794. The highest BCUT2D eigenvalue weighted by molar-refractivity contribution is 6.30. The van der Waals surface area contributed by atoms with Crippen LogP contribution in [0.1, 0.15) is 17.2 Å². The van der Waals surface area contributed by atoms with E-state index in [2.05, 4.69) is 17.0 Å². The summed E-state index contributed by atoms with van der Waals surface area (Å²) in [5.41, 5.74) is 3.29. The molecule has 0 spiro atoms. The van der Waals surface area contributed by atoms with Gasteiger partial charge in [0.05, 0.1) is 6.04 Å². The maximum Gasteiger partial charge on any atom is 0.210 e. The number of amides is 1. The number of hydrogen-bond acceptors (Lipinski definition) is 2. The smallest absolute Gasteiger partial charge is 0.210 e. The molecule has 0 saturated heterocycles. The highest BCUT2D eigenvalue weighted by Crippen LogP contribution is 2.37. The summed E-state index contributed by atoms with van der Waals surface area (Å²) in [5.74, 6) is 0. The van der Waals surface area contributed by atoms with Crippen molar-refractivity contribution in [2.45, 2.75) is 6.04 Å². The van der Waals surface area contributed by atoms with Crippen molar-refractivity contribution in [3.05, 3.63) is 64.7 Å². The average molecular weight is 301 g/mol. The fourth-order valence-corrected chi connectivity index (χ4v) is 3.09. The van der Waals surface area contributed by atoms with Gasteiger partial charge in [0.25, 0.3) is 0 Å². The van der Waals surface area contributed by atoms with Crippen molar-refractivity contribution in [1.29, 1.82) is 0 Å². The Hall–Kier alpha value is -2.00. The number of anilines is 1. The van der Waals surface area contributed by atoms with Crippen molar-refractivity contribution in [1.82, 2.24) is 4.90 Å². The molecule has 0 saturated carbocycles. The van der Waals surface area contributed by atoms with Crippen molar-refractivity contribution in [2.24, 2.45) is 0 Å². The first kappa shape index (κ1) is 14.0. The number of rotatable bonds is 2. The molecule has 1 unspecified atom stereocenters. The van der Waals surface area contributed by atoms with Gasteiger partial charge in [0.1, 0.15) is 0 Å². The lowest BCUT2D eigenvalue weighted by Crippen LogP contribution is -2.31. The van der Waals surface area contributed by atoms with Gasteiger partial charge in [0, 0.05) is 36.4 Å². The van der Waals surface area contributed by atoms with Gasteiger partial charge in [-0.25, -0.2) is 0 Å². The van der Waals surface area contributed by atoms with Gasteiger partial charge in [-0.05, 0) is 23.8 Å². The molecule has 1 amide bonds. The van der Waals surface area contributed by atoms with Crippen LogP contribution in [-0.4, -0.2) is 31.4 Å². The minimum absolute atomic E-state index is 0.0950. The standard InChI is InChI=1S/C17H17ClN2O/c1-19-9-10-20(12-21)17(13-5-3-2-4-6-13)15-11-14(18)7-8-16(15)19/h2-8,11-12,17H,9-10H2,1H3. The molecule has 0 bridgehead atoms. The molecule has 4 heteroatoms. The van der Waals surface area contributed by atoms with Crippen LogP contribution in [0, 0.1) is 0 Å². The van der Waals surface area contributed by atoms with Gasteiger partial charge in [-0.3, -0.25) is 4.79 Å². The highest BCUT2D eigenvalue weighted by atomic mass is 35.5. The molecule has 1 atom stereocenters. The molecule has 2 aromatic carbocycles. The van der Waals surface area contributed by atoms with Crippen molar-refractivity contribution < 1.29 is 4.79 Å². The van der Waals surface area contributed by atoms with Gasteiger partial charge >= 0.3 is 0 Å². The van der Waals surface area contributed by atoms with E-state index in [0.717, 1.165) is 29.8 Å². The summed E-state index contributed by atoms with van der Waals surface area (Å²) >= 11 is 6.20. The molecule has 1 aliphatic rings. The maximum absolute atomic E-state index is 11.6. The second kappa shape index (κ2) is 5.78. The zero-order chi connectivity index (χ0) is 14.8. The second-order valence-electron chi connectivity index (χ2n) is 5.28. The summed E-state index contributed by atoms with van der Waals surface area (Å²) in [5, 5.41) is 0.691. The predicted molar refractivity (Wildman–Crippen MR) is 85.8 cm³/mol. The lowest BCUT2D eigenvalue weighted by atomic mass is 9.96. The van der Waals surface area contributed by atoms with Crippen LogP contribution in [0.5, 0.6) is 0 Å². The topological polar surface area (TPSA) is 23.6 Å². The molecular formula is C17H17ClN2O. The monoisotopic (exact) mass is 300 g/mol. The van der Waals surface area contributed by atoms with Gasteiger partial charge in [0.15, 0.2) is 0 Å². The number of likely N-dealkylation sites (N-methyl/N-ethyl adjacent to an activating group) is 1. The minimum Gasteiger partial charge on any atom is -0.373 e. The Kier molecular flexibility index (Phi) is 3.84. The van der Waals surface area contributed by atoms with Crippen molar-refractivity contribution in [2.75, 3.05) is 25.0 Å². The molecule has 3 rings (SSSR count). The normalized spacial score (nSPS) is 18.1. The molecule has 0 N–H and O–H groups in total. The third-order valence-electron chi connectivity index (χ3n) is 3.97. The van der Waals surface area contributed by atoms with Gasteiger partial charge < -0.3 is 9.80 Å². The Bertz CT molecular complexity index is 644. The first-order valence-electron chi connectivity index (χ1n) is 6.97. The number of carbonyl (C=O) groups is 1. The lowest BCUT2D eigenvalue weighted by molar-refractivity contribution is -0.119. The van der Waals surface area contributed by atoms with Crippen molar-refractivity contribution in [3.63, 3.8) is 0 Å². The van der Waals surface area contributed by atoms with Crippen LogP contribution < -0.4 is 4.90 Å². The third kappa shape index (κ3) is 2.61. The maximum atomic E-state index is 11.6. The van der Waals surface area contributed by atoms with Crippen molar-refractivity contribution in [3.8, 4) is 0 Å². The Morgan fingerprint density at radius 2 is 1.90 bits per heavy atom. The minimum atomic E-state index is -0.0950. The molecular weight excluding hydrogens is 284 g/mol. The number of halogens is 1. The zero-order valence-electron chi connectivity index (χ0n) is 11.9. The Morgan fingerprint density at radius 3 is 2.62 bits per heavy atom. The van der Waals surface area contributed by atoms with E-state index in [0.29, 0.717) is 11.6 Å². The van der Waals surface area contributed by atoms with E-state index in [1.54, 1.807) is 0 Å². The highest BCUT2D eigenvalue weighted by Gasteiger charge is 2.28. The lowest BCUT2D eigenvalue weighted by Gasteiger charge is -2.27. The van der Waals surface area contributed by atoms with Gasteiger partial charge in [0.2, 0.25) is 6.41 Å². The number of nitrogens with zero attached hydrogens (tertiary/aromatic N) is 2. The fraction of sp³-hybridized carbons (Fsp3) is 0.235. The molecule has 2 aromatic rings. The Balaban J connectivity index is 2.20. The molecule has 3 nitrogen and oxygen atoms in total. The number of carbonyl (C=O) groups excluding carboxylic acids is 1. The van der Waals surface area contributed by atoms with Crippen LogP contribution in [0.2, 0.25) is 5.02 Å². The molecule has 108 valence electrons. The fourth-order valence-electron chi connectivity index (χ4n) is 2.91. The van der Waals surface area contributed by atoms with E-state index in [1.807, 2.05) is 48.3 Å². The number of fused-ring (bicyclic) bond motifs is 1. The second-order valence-corrected chi connectivity index (χ2v) is 5.72. The van der Waals surface area contributed by atoms with E-state index in [9.17, 15) is 4.79 Å². The molecule has 1 aliphatic heterocycles. The summed E-state index contributed by atoms with van der Waals surface area (Å²) < 4.78 is 0. The molecule has 0 aliphatic carbocycles. The Morgan fingerprint density at radius 1 is 1.14 bits per heavy atom. The largest absolute Gasteiger partial charge is 0.373 e. The first-order chi connectivity index (χ1) is 10.2. The van der Waals surface area contributed by atoms with Crippen LogP contribution >= 0.6 is 11.6 Å². The van der Waals surface area contributed by atoms with E-state index < -0.39 is 0 Å². The van der Waals surface area contributed by atoms with E-state index in [-0.39, 0.29) is 6.04 Å². The molecule has 0 fully saturated rings. The molecule has 0 aromatic heterocycles. The summed E-state index contributed by atoms with van der Waals surface area (Å²) in [6.07, 6.45) is 0.932. The Labute approximate surface area is 129 Å². The van der Waals surface area contributed by atoms with Crippen LogP contribution in [0.15, 0.2) is 48.5 Å². The van der Waals surface area contributed by atoms with Crippen LogP contribution in [0.3, 0.4) is 0 Å². The average Bonchev–Trinajstić information content (AvgIpc) is 2.64. The van der Waals surface area contributed by atoms with Crippen LogP contribution in [-0.2, 0) is 4.79 Å². The predicted octanol–water partition coefficient (Wildman–Crippen LogP) is 3.34. The summed E-state index contributed by atoms with van der Waals surface area (Å²) in [7, 11) is 2.04. The van der Waals surface area contributed by atoms with Crippen LogP contribution in [0.25, 0.3) is 0 Å². The number of benzene rings is 2. The summed E-state index contributed by atoms with van der Waals surface area (Å²) in [6.45, 7) is 1.49. The van der Waals surface area contributed by atoms with Crippen LogP contribution in [0.4, 0.5) is 5.69 Å².